The minimum atomic E-state index is 0.470. The molecule has 0 spiro atoms. The standard InChI is InChI=1S/C18H24N8/c1-2-26-17(12-25-14-20-13-21-25)22-23-18(26)16-5-8-24(9-6-16)11-15-4-3-7-19-10-15/h3-4,7,10,13-14,16H,2,5-6,8-9,11-12H2,1H3. The third-order valence-electron chi connectivity index (χ3n) is 5.02. The normalized spacial score (nSPS) is 16.2. The van der Waals surface area contributed by atoms with E-state index in [1.807, 2.05) is 18.5 Å². The van der Waals surface area contributed by atoms with E-state index in [0.717, 1.165) is 50.7 Å². The van der Waals surface area contributed by atoms with Crippen molar-refractivity contribution < 1.29 is 0 Å². The lowest BCUT2D eigenvalue weighted by molar-refractivity contribution is 0.200. The summed E-state index contributed by atoms with van der Waals surface area (Å²) < 4.78 is 4.03. The van der Waals surface area contributed by atoms with Crippen LogP contribution >= 0.6 is 0 Å². The van der Waals surface area contributed by atoms with Gasteiger partial charge in [-0.15, -0.1) is 10.2 Å². The fraction of sp³-hybridized carbons (Fsp3) is 0.500. The van der Waals surface area contributed by atoms with Crippen molar-refractivity contribution in [3.63, 3.8) is 0 Å². The summed E-state index contributed by atoms with van der Waals surface area (Å²) >= 11 is 0. The van der Waals surface area contributed by atoms with Gasteiger partial charge in [-0.1, -0.05) is 6.07 Å². The maximum absolute atomic E-state index is 4.52. The summed E-state index contributed by atoms with van der Waals surface area (Å²) in [5.41, 5.74) is 1.28. The molecule has 0 radical (unpaired) electrons. The third kappa shape index (κ3) is 3.65. The van der Waals surface area contributed by atoms with E-state index in [2.05, 4.69) is 47.7 Å². The van der Waals surface area contributed by atoms with Crippen LogP contribution in [0.5, 0.6) is 0 Å². The summed E-state index contributed by atoms with van der Waals surface area (Å²) in [5.74, 6) is 2.53. The van der Waals surface area contributed by atoms with Crippen molar-refractivity contribution in [1.82, 2.24) is 39.4 Å². The Bertz CT molecular complexity index is 803. The lowest BCUT2D eigenvalue weighted by Crippen LogP contribution is -2.33. The number of likely N-dealkylation sites (tertiary alicyclic amines) is 1. The van der Waals surface area contributed by atoms with Crippen LogP contribution in [0.2, 0.25) is 0 Å². The zero-order chi connectivity index (χ0) is 17.8. The maximum atomic E-state index is 4.52. The molecule has 0 N–H and O–H groups in total. The predicted molar refractivity (Wildman–Crippen MR) is 96.3 cm³/mol. The van der Waals surface area contributed by atoms with Gasteiger partial charge in [0.25, 0.3) is 0 Å². The van der Waals surface area contributed by atoms with E-state index in [9.17, 15) is 0 Å². The second kappa shape index (κ2) is 7.74. The van der Waals surface area contributed by atoms with Gasteiger partial charge in [-0.2, -0.15) is 5.10 Å². The molecule has 0 aliphatic carbocycles. The molecule has 0 saturated carbocycles. The van der Waals surface area contributed by atoms with E-state index in [4.69, 9.17) is 0 Å². The van der Waals surface area contributed by atoms with E-state index in [1.54, 1.807) is 17.3 Å². The van der Waals surface area contributed by atoms with Gasteiger partial charge in [-0.3, -0.25) is 9.88 Å². The van der Waals surface area contributed by atoms with Crippen LogP contribution in [0.4, 0.5) is 0 Å². The second-order valence-electron chi connectivity index (χ2n) is 6.72. The monoisotopic (exact) mass is 352 g/mol. The number of aromatic nitrogens is 7. The molecular weight excluding hydrogens is 328 g/mol. The molecule has 4 heterocycles. The van der Waals surface area contributed by atoms with Gasteiger partial charge in [-0.05, 0) is 44.5 Å². The Morgan fingerprint density at radius 3 is 2.69 bits per heavy atom. The molecular formula is C18H24N8. The van der Waals surface area contributed by atoms with Gasteiger partial charge in [-0.25, -0.2) is 9.67 Å². The van der Waals surface area contributed by atoms with Gasteiger partial charge in [0.1, 0.15) is 25.0 Å². The van der Waals surface area contributed by atoms with Gasteiger partial charge in [0.15, 0.2) is 5.82 Å². The lowest BCUT2D eigenvalue weighted by Gasteiger charge is -2.31. The zero-order valence-corrected chi connectivity index (χ0v) is 15.1. The summed E-state index contributed by atoms with van der Waals surface area (Å²) in [6.45, 7) is 6.76. The van der Waals surface area contributed by atoms with Gasteiger partial charge in [0.05, 0.1) is 0 Å². The Kier molecular flexibility index (Phi) is 5.01. The summed E-state index contributed by atoms with van der Waals surface area (Å²) in [5, 5.41) is 13.1. The van der Waals surface area contributed by atoms with E-state index < -0.39 is 0 Å². The van der Waals surface area contributed by atoms with Crippen LogP contribution in [-0.2, 0) is 19.6 Å². The van der Waals surface area contributed by atoms with Crippen LogP contribution in [0, 0.1) is 0 Å². The first-order valence-electron chi connectivity index (χ1n) is 9.19. The molecule has 0 aromatic carbocycles. The summed E-state index contributed by atoms with van der Waals surface area (Å²) in [6, 6.07) is 4.14. The molecule has 4 rings (SSSR count). The molecule has 1 aliphatic rings. The maximum Gasteiger partial charge on any atom is 0.154 e. The van der Waals surface area contributed by atoms with Crippen molar-refractivity contribution in [3.8, 4) is 0 Å². The van der Waals surface area contributed by atoms with Gasteiger partial charge in [0, 0.05) is 31.4 Å². The van der Waals surface area contributed by atoms with E-state index in [-0.39, 0.29) is 0 Å². The fourth-order valence-corrected chi connectivity index (χ4v) is 3.67. The van der Waals surface area contributed by atoms with Crippen molar-refractivity contribution in [1.29, 1.82) is 0 Å². The zero-order valence-electron chi connectivity index (χ0n) is 15.1. The Morgan fingerprint density at radius 2 is 2.00 bits per heavy atom. The highest BCUT2D eigenvalue weighted by Crippen LogP contribution is 2.28. The Morgan fingerprint density at radius 1 is 1.12 bits per heavy atom. The number of hydrogen-bond acceptors (Lipinski definition) is 6. The Hall–Kier alpha value is -2.61. The molecule has 1 fully saturated rings. The molecule has 0 bridgehead atoms. The SMILES string of the molecule is CCn1c(Cn2cncn2)nnc1C1CCN(Cc2cccnc2)CC1. The highest BCUT2D eigenvalue weighted by Gasteiger charge is 2.26. The average Bonchev–Trinajstić information content (AvgIpc) is 3.33. The van der Waals surface area contributed by atoms with Crippen LogP contribution < -0.4 is 0 Å². The predicted octanol–water partition coefficient (Wildman–Crippen LogP) is 1.71. The Balaban J connectivity index is 1.40. The first-order valence-corrected chi connectivity index (χ1v) is 9.19. The highest BCUT2D eigenvalue weighted by molar-refractivity contribution is 5.09. The molecule has 8 nitrogen and oxygen atoms in total. The van der Waals surface area contributed by atoms with Crippen molar-refractivity contribution in [2.75, 3.05) is 13.1 Å². The molecule has 0 unspecified atom stereocenters. The molecule has 26 heavy (non-hydrogen) atoms. The highest BCUT2D eigenvalue weighted by atomic mass is 15.4. The molecule has 3 aromatic heterocycles. The minimum absolute atomic E-state index is 0.470. The fourth-order valence-electron chi connectivity index (χ4n) is 3.67. The van der Waals surface area contributed by atoms with Gasteiger partial charge in [0.2, 0.25) is 0 Å². The summed E-state index contributed by atoms with van der Waals surface area (Å²) in [4.78, 5) is 10.7. The van der Waals surface area contributed by atoms with Crippen molar-refractivity contribution >= 4 is 0 Å². The van der Waals surface area contributed by atoms with E-state index >= 15 is 0 Å². The Labute approximate surface area is 152 Å². The van der Waals surface area contributed by atoms with Crippen LogP contribution in [0.1, 0.15) is 42.9 Å². The third-order valence-corrected chi connectivity index (χ3v) is 5.02. The molecule has 0 amide bonds. The smallest absolute Gasteiger partial charge is 0.154 e. The van der Waals surface area contributed by atoms with Crippen LogP contribution in [-0.4, -0.2) is 52.5 Å². The second-order valence-corrected chi connectivity index (χ2v) is 6.72. The van der Waals surface area contributed by atoms with E-state index in [1.165, 1.54) is 5.56 Å². The lowest BCUT2D eigenvalue weighted by atomic mass is 9.95. The van der Waals surface area contributed by atoms with Crippen molar-refractivity contribution in [2.24, 2.45) is 0 Å². The number of pyridine rings is 1. The van der Waals surface area contributed by atoms with Gasteiger partial charge < -0.3 is 4.57 Å². The number of rotatable bonds is 6. The summed E-state index contributed by atoms with van der Waals surface area (Å²) in [6.07, 6.45) is 9.26. The molecule has 0 atom stereocenters. The minimum Gasteiger partial charge on any atom is -0.313 e. The topological polar surface area (TPSA) is 77.5 Å². The molecule has 3 aromatic rings. The summed E-state index contributed by atoms with van der Waals surface area (Å²) in [7, 11) is 0. The quantitative estimate of drug-likeness (QED) is 0.672. The van der Waals surface area contributed by atoms with Crippen LogP contribution in [0.15, 0.2) is 37.2 Å². The van der Waals surface area contributed by atoms with Crippen LogP contribution in [0.25, 0.3) is 0 Å². The largest absolute Gasteiger partial charge is 0.313 e. The molecule has 8 heteroatoms. The van der Waals surface area contributed by atoms with Crippen molar-refractivity contribution in [3.05, 3.63) is 54.4 Å². The first kappa shape index (κ1) is 16.8. The van der Waals surface area contributed by atoms with Gasteiger partial charge >= 0.3 is 0 Å². The first-order chi connectivity index (χ1) is 12.8. The van der Waals surface area contributed by atoms with Crippen molar-refractivity contribution in [2.45, 2.75) is 45.3 Å². The van der Waals surface area contributed by atoms with E-state index in [0.29, 0.717) is 12.5 Å². The number of piperidine rings is 1. The van der Waals surface area contributed by atoms with Crippen LogP contribution in [0.3, 0.4) is 0 Å². The molecule has 136 valence electrons. The molecule has 1 saturated heterocycles. The number of hydrogen-bond donors (Lipinski definition) is 0. The molecule has 1 aliphatic heterocycles. The number of nitrogens with zero attached hydrogens (tertiary/aromatic N) is 8. The average molecular weight is 352 g/mol.